The molecule has 0 rings (SSSR count). The molecule has 0 saturated heterocycles. The van der Waals surface area contributed by atoms with Gasteiger partial charge in [0.05, 0.1) is 6.10 Å². The van der Waals surface area contributed by atoms with Crippen molar-refractivity contribution < 1.29 is 14.7 Å². The Labute approximate surface area is 108 Å². The van der Waals surface area contributed by atoms with Crippen molar-refractivity contribution in [2.45, 2.75) is 58.2 Å². The molecule has 0 aliphatic carbocycles. The third-order valence-corrected chi connectivity index (χ3v) is 2.60. The first-order valence-electron chi connectivity index (χ1n) is 6.34. The lowest BCUT2D eigenvalue weighted by atomic mass is 10.1. The van der Waals surface area contributed by atoms with E-state index in [2.05, 4.69) is 10.6 Å². The summed E-state index contributed by atoms with van der Waals surface area (Å²) in [6, 6.07) is -0.904. The number of nitrogens with two attached hydrogens (primary N) is 1. The topological polar surface area (TPSA) is 104 Å². The van der Waals surface area contributed by atoms with Gasteiger partial charge >= 0.3 is 0 Å². The van der Waals surface area contributed by atoms with Crippen LogP contribution in [0.2, 0.25) is 0 Å². The van der Waals surface area contributed by atoms with Gasteiger partial charge in [-0.15, -0.1) is 0 Å². The molecule has 0 saturated carbocycles. The number of hydrogen-bond acceptors (Lipinski definition) is 4. The highest BCUT2D eigenvalue weighted by molar-refractivity contribution is 5.87. The number of nitrogens with one attached hydrogen (secondary N) is 2. The van der Waals surface area contributed by atoms with E-state index < -0.39 is 12.1 Å². The predicted octanol–water partition coefficient (Wildman–Crippen LogP) is -0.494. The number of amides is 2. The van der Waals surface area contributed by atoms with Crippen LogP contribution in [-0.4, -0.2) is 41.7 Å². The number of aliphatic hydroxyl groups is 1. The summed E-state index contributed by atoms with van der Waals surface area (Å²) in [5.74, 6) is -0.702. The molecule has 6 heteroatoms. The Morgan fingerprint density at radius 1 is 1.22 bits per heavy atom. The van der Waals surface area contributed by atoms with E-state index in [1.54, 1.807) is 0 Å². The van der Waals surface area contributed by atoms with Crippen molar-refractivity contribution in [2.75, 3.05) is 6.54 Å². The molecular formula is C12H25N3O3. The molecule has 0 heterocycles. The fraction of sp³-hybridized carbons (Fsp3) is 0.833. The molecule has 106 valence electrons. The molecule has 18 heavy (non-hydrogen) atoms. The molecule has 6 nitrogen and oxygen atoms in total. The third-order valence-electron chi connectivity index (χ3n) is 2.60. The number of carbonyl (C=O) groups is 2. The van der Waals surface area contributed by atoms with Gasteiger partial charge in [0.2, 0.25) is 11.8 Å². The monoisotopic (exact) mass is 259 g/mol. The maximum absolute atomic E-state index is 11.9. The number of aliphatic hydroxyl groups excluding tert-OH is 1. The largest absolute Gasteiger partial charge is 0.391 e. The van der Waals surface area contributed by atoms with E-state index in [0.29, 0.717) is 6.54 Å². The van der Waals surface area contributed by atoms with E-state index in [1.165, 1.54) is 13.8 Å². The smallest absolute Gasteiger partial charge is 0.245 e. The van der Waals surface area contributed by atoms with Gasteiger partial charge in [0.15, 0.2) is 0 Å². The summed E-state index contributed by atoms with van der Waals surface area (Å²) in [6.07, 6.45) is 1.77. The summed E-state index contributed by atoms with van der Waals surface area (Å²) < 4.78 is 0. The Bertz CT molecular complexity index is 269. The first-order valence-corrected chi connectivity index (χ1v) is 6.34. The Morgan fingerprint density at radius 2 is 1.83 bits per heavy atom. The van der Waals surface area contributed by atoms with Gasteiger partial charge < -0.3 is 21.5 Å². The molecule has 0 aromatic rings. The first-order chi connectivity index (χ1) is 8.38. The zero-order chi connectivity index (χ0) is 14.1. The van der Waals surface area contributed by atoms with Gasteiger partial charge in [0.25, 0.3) is 0 Å². The summed E-state index contributed by atoms with van der Waals surface area (Å²) in [5.41, 5.74) is 5.39. The summed E-state index contributed by atoms with van der Waals surface area (Å²) in [5, 5.41) is 14.7. The molecule has 2 amide bonds. The molecule has 0 radical (unpaired) electrons. The molecule has 0 aliphatic rings. The van der Waals surface area contributed by atoms with Crippen LogP contribution in [0.4, 0.5) is 0 Å². The van der Waals surface area contributed by atoms with Crippen LogP contribution in [-0.2, 0) is 9.59 Å². The fourth-order valence-corrected chi connectivity index (χ4v) is 1.62. The normalized spacial score (nSPS) is 15.6. The Kier molecular flexibility index (Phi) is 8.32. The molecule has 0 spiro atoms. The molecule has 0 aromatic carbocycles. The minimum Gasteiger partial charge on any atom is -0.391 e. The maximum Gasteiger partial charge on any atom is 0.245 e. The molecule has 5 N–H and O–H groups in total. The highest BCUT2D eigenvalue weighted by Gasteiger charge is 2.25. The summed E-state index contributed by atoms with van der Waals surface area (Å²) in [4.78, 5) is 22.8. The number of rotatable bonds is 8. The third kappa shape index (κ3) is 7.24. The van der Waals surface area contributed by atoms with E-state index in [1.807, 2.05) is 6.92 Å². The number of carbonyl (C=O) groups excluding carboxylic acids is 2. The van der Waals surface area contributed by atoms with Crippen molar-refractivity contribution in [3.63, 3.8) is 0 Å². The van der Waals surface area contributed by atoms with Crippen molar-refractivity contribution in [1.29, 1.82) is 0 Å². The van der Waals surface area contributed by atoms with Crippen LogP contribution < -0.4 is 16.4 Å². The zero-order valence-corrected chi connectivity index (χ0v) is 11.4. The van der Waals surface area contributed by atoms with Crippen LogP contribution in [0.3, 0.4) is 0 Å². The number of hydrogen-bond donors (Lipinski definition) is 4. The van der Waals surface area contributed by atoms with Gasteiger partial charge in [-0.1, -0.05) is 6.42 Å². The standard InChI is InChI=1S/C12H25N3O3/c1-8(6-4-5-7-13)14-12(18)11(9(2)16)15-10(3)17/h8-9,11,16H,4-7,13H2,1-3H3,(H,14,18)(H,15,17). The van der Waals surface area contributed by atoms with Crippen molar-refractivity contribution in [1.82, 2.24) is 10.6 Å². The van der Waals surface area contributed by atoms with Crippen LogP contribution >= 0.6 is 0 Å². The van der Waals surface area contributed by atoms with Gasteiger partial charge in [0, 0.05) is 13.0 Å². The van der Waals surface area contributed by atoms with E-state index in [9.17, 15) is 14.7 Å². The quantitative estimate of drug-likeness (QED) is 0.441. The van der Waals surface area contributed by atoms with Gasteiger partial charge in [-0.3, -0.25) is 9.59 Å². The van der Waals surface area contributed by atoms with Crippen LogP contribution in [0.25, 0.3) is 0 Å². The number of unbranched alkanes of at least 4 members (excludes halogenated alkanes) is 1. The molecule has 3 unspecified atom stereocenters. The second kappa shape index (κ2) is 8.88. The van der Waals surface area contributed by atoms with E-state index in [0.717, 1.165) is 19.3 Å². The molecule has 0 fully saturated rings. The SMILES string of the molecule is CC(=O)NC(C(=O)NC(C)CCCCN)C(C)O. The highest BCUT2D eigenvalue weighted by atomic mass is 16.3. The fourth-order valence-electron chi connectivity index (χ4n) is 1.62. The minimum absolute atomic E-state index is 0.000872. The summed E-state index contributed by atoms with van der Waals surface area (Å²) >= 11 is 0. The van der Waals surface area contributed by atoms with Crippen molar-refractivity contribution in [3.05, 3.63) is 0 Å². The second-order valence-electron chi connectivity index (χ2n) is 4.61. The molecule has 0 bridgehead atoms. The van der Waals surface area contributed by atoms with Crippen LogP contribution in [0.5, 0.6) is 0 Å². The first kappa shape index (κ1) is 16.9. The van der Waals surface area contributed by atoms with Crippen LogP contribution in [0, 0.1) is 0 Å². The Balaban J connectivity index is 4.20. The Morgan fingerprint density at radius 3 is 2.28 bits per heavy atom. The molecular weight excluding hydrogens is 234 g/mol. The lowest BCUT2D eigenvalue weighted by molar-refractivity contribution is -0.131. The average Bonchev–Trinajstić information content (AvgIpc) is 2.25. The van der Waals surface area contributed by atoms with E-state index in [4.69, 9.17) is 5.73 Å². The molecule has 0 aromatic heterocycles. The van der Waals surface area contributed by atoms with Gasteiger partial charge in [0.1, 0.15) is 6.04 Å². The van der Waals surface area contributed by atoms with Crippen molar-refractivity contribution in [3.8, 4) is 0 Å². The second-order valence-corrected chi connectivity index (χ2v) is 4.61. The Hall–Kier alpha value is -1.14. The summed E-state index contributed by atoms with van der Waals surface area (Å²) in [6.45, 7) is 5.32. The molecule has 3 atom stereocenters. The maximum atomic E-state index is 11.9. The lowest BCUT2D eigenvalue weighted by Gasteiger charge is -2.22. The lowest BCUT2D eigenvalue weighted by Crippen LogP contribution is -2.53. The van der Waals surface area contributed by atoms with Crippen molar-refractivity contribution >= 4 is 11.8 Å². The average molecular weight is 259 g/mol. The molecule has 0 aliphatic heterocycles. The van der Waals surface area contributed by atoms with Crippen molar-refractivity contribution in [2.24, 2.45) is 5.73 Å². The minimum atomic E-state index is -0.926. The van der Waals surface area contributed by atoms with Crippen LogP contribution in [0.15, 0.2) is 0 Å². The summed E-state index contributed by atoms with van der Waals surface area (Å²) in [7, 11) is 0. The van der Waals surface area contributed by atoms with Gasteiger partial charge in [-0.05, 0) is 33.2 Å². The van der Waals surface area contributed by atoms with E-state index >= 15 is 0 Å². The van der Waals surface area contributed by atoms with Gasteiger partial charge in [-0.25, -0.2) is 0 Å². The van der Waals surface area contributed by atoms with Gasteiger partial charge in [-0.2, -0.15) is 0 Å². The zero-order valence-electron chi connectivity index (χ0n) is 11.4. The van der Waals surface area contributed by atoms with Crippen LogP contribution in [0.1, 0.15) is 40.0 Å². The predicted molar refractivity (Wildman–Crippen MR) is 69.8 cm³/mol. The van der Waals surface area contributed by atoms with E-state index in [-0.39, 0.29) is 17.9 Å². The highest BCUT2D eigenvalue weighted by Crippen LogP contribution is 2.01.